The van der Waals surface area contributed by atoms with Crippen molar-refractivity contribution in [2.45, 2.75) is 13.0 Å². The average molecular weight is 467 g/mol. The maximum atomic E-state index is 13.0. The number of esters is 1. The van der Waals surface area contributed by atoms with E-state index in [9.17, 15) is 14.4 Å². The van der Waals surface area contributed by atoms with Crippen LogP contribution in [0.4, 0.5) is 5.69 Å². The van der Waals surface area contributed by atoms with E-state index < -0.39 is 30.4 Å². The summed E-state index contributed by atoms with van der Waals surface area (Å²) >= 11 is 6.14. The van der Waals surface area contributed by atoms with E-state index in [1.165, 1.54) is 7.11 Å². The van der Waals surface area contributed by atoms with Crippen molar-refractivity contribution in [2.75, 3.05) is 19.0 Å². The summed E-state index contributed by atoms with van der Waals surface area (Å²) in [5.41, 5.74) is 2.10. The lowest BCUT2D eigenvalue weighted by atomic mass is 10.1. The van der Waals surface area contributed by atoms with E-state index in [2.05, 4.69) is 10.6 Å². The lowest BCUT2D eigenvalue weighted by molar-refractivity contribution is -0.153. The van der Waals surface area contributed by atoms with Crippen LogP contribution in [0.3, 0.4) is 0 Å². The fourth-order valence-corrected chi connectivity index (χ4v) is 3.21. The van der Waals surface area contributed by atoms with Crippen molar-refractivity contribution < 1.29 is 23.9 Å². The van der Waals surface area contributed by atoms with Gasteiger partial charge in [0, 0.05) is 16.3 Å². The Bertz CT molecular complexity index is 1150. The van der Waals surface area contributed by atoms with Gasteiger partial charge >= 0.3 is 5.97 Å². The van der Waals surface area contributed by atoms with Gasteiger partial charge in [-0.2, -0.15) is 0 Å². The minimum absolute atomic E-state index is 0.279. The van der Waals surface area contributed by atoms with Crippen LogP contribution >= 0.6 is 11.6 Å². The molecule has 0 aromatic heterocycles. The van der Waals surface area contributed by atoms with Gasteiger partial charge in [-0.25, -0.2) is 0 Å². The number of anilines is 1. The highest BCUT2D eigenvalue weighted by Crippen LogP contribution is 2.24. The highest BCUT2D eigenvalue weighted by Gasteiger charge is 2.25. The summed E-state index contributed by atoms with van der Waals surface area (Å²) in [6.45, 7) is 1.42. The van der Waals surface area contributed by atoms with Crippen molar-refractivity contribution in [3.05, 3.63) is 94.5 Å². The first-order valence-electron chi connectivity index (χ1n) is 10.1. The summed E-state index contributed by atoms with van der Waals surface area (Å²) in [5.74, 6) is -1.45. The predicted octanol–water partition coefficient (Wildman–Crippen LogP) is 4.31. The van der Waals surface area contributed by atoms with E-state index in [-0.39, 0.29) is 5.56 Å². The molecule has 2 N–H and O–H groups in total. The number of hydrogen-bond acceptors (Lipinski definition) is 5. The third kappa shape index (κ3) is 6.33. The number of nitrogens with one attached hydrogen (secondary N) is 2. The SMILES string of the molecule is COc1ccccc1C(=O)NCC(=O)OC(C(=O)Nc1ccc(C)c(Cl)c1)c1ccccc1. The number of methoxy groups -OCH3 is 1. The van der Waals surface area contributed by atoms with Gasteiger partial charge in [0.25, 0.3) is 11.8 Å². The van der Waals surface area contributed by atoms with Gasteiger partial charge in [-0.05, 0) is 36.8 Å². The van der Waals surface area contributed by atoms with Gasteiger partial charge in [0.15, 0.2) is 0 Å². The van der Waals surface area contributed by atoms with Crippen molar-refractivity contribution >= 4 is 35.1 Å². The molecule has 3 aromatic rings. The van der Waals surface area contributed by atoms with E-state index in [0.29, 0.717) is 22.0 Å². The van der Waals surface area contributed by atoms with Crippen molar-refractivity contribution in [2.24, 2.45) is 0 Å². The molecular formula is C25H23ClN2O5. The zero-order valence-electron chi connectivity index (χ0n) is 18.1. The van der Waals surface area contributed by atoms with E-state index in [4.69, 9.17) is 21.1 Å². The van der Waals surface area contributed by atoms with Gasteiger partial charge in [0.05, 0.1) is 12.7 Å². The summed E-state index contributed by atoms with van der Waals surface area (Å²) in [5, 5.41) is 5.71. The number of rotatable bonds is 8. The van der Waals surface area contributed by atoms with Gasteiger partial charge < -0.3 is 20.1 Å². The molecule has 0 fully saturated rings. The number of benzene rings is 3. The lowest BCUT2D eigenvalue weighted by Gasteiger charge is -2.18. The highest BCUT2D eigenvalue weighted by atomic mass is 35.5. The number of aryl methyl sites for hydroxylation is 1. The Morgan fingerprint density at radius 2 is 1.67 bits per heavy atom. The smallest absolute Gasteiger partial charge is 0.326 e. The molecule has 1 unspecified atom stereocenters. The van der Waals surface area contributed by atoms with Gasteiger partial charge in [-0.3, -0.25) is 14.4 Å². The minimum Gasteiger partial charge on any atom is -0.496 e. The van der Waals surface area contributed by atoms with Crippen LogP contribution in [0.5, 0.6) is 5.75 Å². The van der Waals surface area contributed by atoms with Crippen LogP contribution in [0.15, 0.2) is 72.8 Å². The van der Waals surface area contributed by atoms with E-state index in [1.54, 1.807) is 72.8 Å². The molecule has 0 bridgehead atoms. The molecule has 7 nitrogen and oxygen atoms in total. The number of para-hydroxylation sites is 1. The molecule has 8 heteroatoms. The van der Waals surface area contributed by atoms with Crippen molar-refractivity contribution in [3.63, 3.8) is 0 Å². The minimum atomic E-state index is -1.22. The zero-order valence-corrected chi connectivity index (χ0v) is 18.9. The van der Waals surface area contributed by atoms with Gasteiger partial charge in [0.2, 0.25) is 6.10 Å². The maximum absolute atomic E-state index is 13.0. The Morgan fingerprint density at radius 3 is 2.36 bits per heavy atom. The van der Waals surface area contributed by atoms with Gasteiger partial charge in [0.1, 0.15) is 12.3 Å². The molecule has 0 saturated carbocycles. The molecule has 0 aliphatic rings. The number of hydrogen-bond donors (Lipinski definition) is 2. The number of ether oxygens (including phenoxy) is 2. The molecule has 0 spiro atoms. The Hall–Kier alpha value is -3.84. The van der Waals surface area contributed by atoms with Crippen LogP contribution in [-0.4, -0.2) is 31.4 Å². The zero-order chi connectivity index (χ0) is 23.8. The fraction of sp³-hybridized carbons (Fsp3) is 0.160. The standard InChI is InChI=1S/C25H23ClN2O5/c1-16-12-13-18(14-20(16)26)28-25(31)23(17-8-4-3-5-9-17)33-22(29)15-27-24(30)19-10-6-7-11-21(19)32-2/h3-14,23H,15H2,1-2H3,(H,27,30)(H,28,31). The summed E-state index contributed by atoms with van der Waals surface area (Å²) < 4.78 is 10.6. The second-order valence-corrected chi connectivity index (χ2v) is 7.52. The molecular weight excluding hydrogens is 444 g/mol. The Balaban J connectivity index is 1.69. The third-order valence-electron chi connectivity index (χ3n) is 4.77. The number of halogens is 1. The molecule has 3 rings (SSSR count). The van der Waals surface area contributed by atoms with E-state index in [1.807, 2.05) is 6.92 Å². The Kier molecular flexibility index (Phi) is 8.05. The van der Waals surface area contributed by atoms with Crippen molar-refractivity contribution in [1.29, 1.82) is 0 Å². The molecule has 0 heterocycles. The monoisotopic (exact) mass is 466 g/mol. The summed E-state index contributed by atoms with van der Waals surface area (Å²) in [4.78, 5) is 37.9. The predicted molar refractivity (Wildman–Crippen MR) is 125 cm³/mol. The van der Waals surface area contributed by atoms with Crippen LogP contribution in [0.25, 0.3) is 0 Å². The first-order chi connectivity index (χ1) is 15.9. The molecule has 0 aliphatic carbocycles. The topological polar surface area (TPSA) is 93.7 Å². The van der Waals surface area contributed by atoms with Crippen molar-refractivity contribution in [3.8, 4) is 5.75 Å². The number of carbonyl (C=O) groups excluding carboxylic acids is 3. The van der Waals surface area contributed by atoms with Crippen LogP contribution < -0.4 is 15.4 Å². The van der Waals surface area contributed by atoms with Crippen LogP contribution in [0.2, 0.25) is 5.02 Å². The Morgan fingerprint density at radius 1 is 0.970 bits per heavy atom. The lowest BCUT2D eigenvalue weighted by Crippen LogP contribution is -2.33. The normalized spacial score (nSPS) is 11.2. The second-order valence-electron chi connectivity index (χ2n) is 7.12. The maximum Gasteiger partial charge on any atom is 0.326 e. The molecule has 3 aromatic carbocycles. The van der Waals surface area contributed by atoms with Crippen LogP contribution in [0.1, 0.15) is 27.6 Å². The molecule has 1 atom stereocenters. The summed E-state index contributed by atoms with van der Waals surface area (Å²) in [6, 6.07) is 20.3. The van der Waals surface area contributed by atoms with Gasteiger partial charge in [-0.1, -0.05) is 60.1 Å². The Labute approximate surface area is 196 Å². The number of carbonyl (C=O) groups is 3. The molecule has 2 amide bonds. The molecule has 0 saturated heterocycles. The quantitative estimate of drug-likeness (QED) is 0.482. The van der Waals surface area contributed by atoms with Gasteiger partial charge in [-0.15, -0.1) is 0 Å². The highest BCUT2D eigenvalue weighted by molar-refractivity contribution is 6.31. The van der Waals surface area contributed by atoms with E-state index in [0.717, 1.165) is 5.56 Å². The fourth-order valence-electron chi connectivity index (χ4n) is 3.03. The van der Waals surface area contributed by atoms with Crippen molar-refractivity contribution in [1.82, 2.24) is 5.32 Å². The first kappa shape index (κ1) is 23.8. The summed E-state index contributed by atoms with van der Waals surface area (Å²) in [6.07, 6.45) is -1.22. The second kappa shape index (κ2) is 11.2. The first-order valence-corrected chi connectivity index (χ1v) is 10.5. The molecule has 33 heavy (non-hydrogen) atoms. The molecule has 0 aliphatic heterocycles. The largest absolute Gasteiger partial charge is 0.496 e. The van der Waals surface area contributed by atoms with E-state index >= 15 is 0 Å². The average Bonchev–Trinajstić information content (AvgIpc) is 2.83. The van der Waals surface area contributed by atoms with Crippen LogP contribution in [0, 0.1) is 6.92 Å². The molecule has 0 radical (unpaired) electrons. The third-order valence-corrected chi connectivity index (χ3v) is 5.18. The number of amides is 2. The molecule has 170 valence electrons. The van der Waals surface area contributed by atoms with Crippen LogP contribution in [-0.2, 0) is 14.3 Å². The summed E-state index contributed by atoms with van der Waals surface area (Å²) in [7, 11) is 1.45.